The van der Waals surface area contributed by atoms with Gasteiger partial charge in [0.2, 0.25) is 10.0 Å². The van der Waals surface area contributed by atoms with Crippen molar-refractivity contribution in [3.8, 4) is 0 Å². The number of sulfonamides is 1. The van der Waals surface area contributed by atoms with Gasteiger partial charge in [-0.15, -0.1) is 0 Å². The molecule has 3 N–H and O–H groups in total. The Balaban J connectivity index is 2.83. The van der Waals surface area contributed by atoms with Crippen molar-refractivity contribution < 1.29 is 8.42 Å². The summed E-state index contributed by atoms with van der Waals surface area (Å²) in [5.74, 6) is 0.296. The van der Waals surface area contributed by atoms with Gasteiger partial charge in [-0.1, -0.05) is 25.5 Å². The third kappa shape index (κ3) is 4.60. The highest BCUT2D eigenvalue weighted by atomic mass is 32.2. The molecule has 0 saturated carbocycles. The minimum absolute atomic E-state index is 0.296. The van der Waals surface area contributed by atoms with E-state index in [1.54, 1.807) is 6.07 Å². The van der Waals surface area contributed by atoms with E-state index in [0.717, 1.165) is 24.0 Å². The Hall–Kier alpha value is -0.910. The van der Waals surface area contributed by atoms with Crippen LogP contribution in [0, 0.1) is 19.8 Å². The van der Waals surface area contributed by atoms with Crippen molar-refractivity contribution in [1.82, 2.24) is 4.72 Å². The molecule has 0 amide bonds. The fourth-order valence-corrected chi connectivity index (χ4v) is 3.43. The van der Waals surface area contributed by atoms with Crippen molar-refractivity contribution >= 4 is 10.0 Å². The number of aryl methyl sites for hydroxylation is 2. The van der Waals surface area contributed by atoms with Crippen LogP contribution in [0.2, 0.25) is 0 Å². The van der Waals surface area contributed by atoms with Crippen LogP contribution >= 0.6 is 0 Å². The van der Waals surface area contributed by atoms with Crippen molar-refractivity contribution in [3.05, 3.63) is 29.3 Å². The molecule has 4 nitrogen and oxygen atoms in total. The van der Waals surface area contributed by atoms with Gasteiger partial charge in [0.25, 0.3) is 0 Å². The summed E-state index contributed by atoms with van der Waals surface area (Å²) in [6.07, 6.45) is 1.76. The summed E-state index contributed by atoms with van der Waals surface area (Å²) < 4.78 is 27.3. The normalized spacial score (nSPS) is 13.5. The molecule has 0 aliphatic carbocycles. The van der Waals surface area contributed by atoms with Gasteiger partial charge in [0, 0.05) is 6.54 Å². The molecule has 1 rings (SSSR count). The maximum atomic E-state index is 12.3. The van der Waals surface area contributed by atoms with E-state index in [9.17, 15) is 8.42 Å². The minimum Gasteiger partial charge on any atom is -0.330 e. The van der Waals surface area contributed by atoms with Gasteiger partial charge in [-0.05, 0) is 49.9 Å². The third-order valence-electron chi connectivity index (χ3n) is 3.35. The number of nitrogens with one attached hydrogen (secondary N) is 1. The molecule has 0 heterocycles. The van der Waals surface area contributed by atoms with Crippen LogP contribution in [0.4, 0.5) is 0 Å². The van der Waals surface area contributed by atoms with Gasteiger partial charge in [0.05, 0.1) is 4.90 Å². The third-order valence-corrected chi connectivity index (χ3v) is 4.91. The second kappa shape index (κ2) is 7.03. The monoisotopic (exact) mass is 284 g/mol. The molecule has 0 aliphatic rings. The van der Waals surface area contributed by atoms with Crippen molar-refractivity contribution in [3.63, 3.8) is 0 Å². The molecule has 0 spiro atoms. The second-order valence-corrected chi connectivity index (χ2v) is 6.71. The van der Waals surface area contributed by atoms with Crippen LogP contribution in [0.3, 0.4) is 0 Å². The molecule has 0 bridgehead atoms. The average Bonchev–Trinajstić information content (AvgIpc) is 2.37. The predicted molar refractivity (Wildman–Crippen MR) is 78.6 cm³/mol. The molecule has 0 radical (unpaired) electrons. The average molecular weight is 284 g/mol. The molecule has 108 valence electrons. The molecule has 0 aromatic heterocycles. The molecule has 0 fully saturated rings. The summed E-state index contributed by atoms with van der Waals surface area (Å²) in [6.45, 7) is 6.78. The van der Waals surface area contributed by atoms with E-state index < -0.39 is 10.0 Å². The summed E-state index contributed by atoms with van der Waals surface area (Å²) in [5.41, 5.74) is 7.24. The van der Waals surface area contributed by atoms with E-state index in [0.29, 0.717) is 23.9 Å². The first-order valence-electron chi connectivity index (χ1n) is 6.67. The number of hydrogen-bond donors (Lipinski definition) is 2. The first-order chi connectivity index (χ1) is 8.90. The maximum Gasteiger partial charge on any atom is 0.240 e. The molecular weight excluding hydrogens is 260 g/mol. The zero-order valence-corrected chi connectivity index (χ0v) is 12.8. The lowest BCUT2D eigenvalue weighted by Gasteiger charge is -2.16. The molecule has 1 unspecified atom stereocenters. The lowest BCUT2D eigenvalue weighted by molar-refractivity contribution is 0.466. The van der Waals surface area contributed by atoms with Gasteiger partial charge in [0.1, 0.15) is 0 Å². The Morgan fingerprint density at radius 3 is 2.58 bits per heavy atom. The van der Waals surface area contributed by atoms with Crippen molar-refractivity contribution in [2.75, 3.05) is 13.1 Å². The zero-order valence-electron chi connectivity index (χ0n) is 11.9. The van der Waals surface area contributed by atoms with Gasteiger partial charge in [-0.25, -0.2) is 13.1 Å². The predicted octanol–water partition coefficient (Wildman–Crippen LogP) is 1.96. The lowest BCUT2D eigenvalue weighted by Crippen LogP contribution is -2.30. The molecular formula is C14H24N2O2S. The summed E-state index contributed by atoms with van der Waals surface area (Å²) in [6, 6.07) is 5.46. The topological polar surface area (TPSA) is 72.2 Å². The molecule has 1 aromatic carbocycles. The summed E-state index contributed by atoms with van der Waals surface area (Å²) in [5, 5.41) is 0. The fraction of sp³-hybridized carbons (Fsp3) is 0.571. The zero-order chi connectivity index (χ0) is 14.5. The van der Waals surface area contributed by atoms with Gasteiger partial charge in [-0.2, -0.15) is 0 Å². The Labute approximate surface area is 116 Å². The molecule has 0 aliphatic heterocycles. The Morgan fingerprint density at radius 2 is 2.00 bits per heavy atom. The van der Waals surface area contributed by atoms with Gasteiger partial charge in [0.15, 0.2) is 0 Å². The summed E-state index contributed by atoms with van der Waals surface area (Å²) >= 11 is 0. The van der Waals surface area contributed by atoms with Gasteiger partial charge in [-0.3, -0.25) is 0 Å². The van der Waals surface area contributed by atoms with Crippen LogP contribution in [0.5, 0.6) is 0 Å². The Bertz CT molecular complexity index is 512. The molecule has 1 aromatic rings. The van der Waals surface area contributed by atoms with E-state index in [1.165, 1.54) is 0 Å². The highest BCUT2D eigenvalue weighted by Gasteiger charge is 2.18. The highest BCUT2D eigenvalue weighted by Crippen LogP contribution is 2.17. The Morgan fingerprint density at radius 1 is 1.32 bits per heavy atom. The van der Waals surface area contributed by atoms with Crippen molar-refractivity contribution in [2.24, 2.45) is 11.7 Å². The van der Waals surface area contributed by atoms with E-state index in [-0.39, 0.29) is 0 Å². The largest absolute Gasteiger partial charge is 0.330 e. The minimum atomic E-state index is -3.43. The quantitative estimate of drug-likeness (QED) is 0.804. The first-order valence-corrected chi connectivity index (χ1v) is 8.16. The molecule has 1 atom stereocenters. The number of rotatable bonds is 7. The van der Waals surface area contributed by atoms with Crippen molar-refractivity contribution in [1.29, 1.82) is 0 Å². The van der Waals surface area contributed by atoms with Gasteiger partial charge >= 0.3 is 0 Å². The van der Waals surface area contributed by atoms with E-state index in [1.807, 2.05) is 32.9 Å². The van der Waals surface area contributed by atoms with Crippen molar-refractivity contribution in [2.45, 2.75) is 38.5 Å². The van der Waals surface area contributed by atoms with Crippen LogP contribution in [0.1, 0.15) is 30.9 Å². The van der Waals surface area contributed by atoms with Crippen LogP contribution in [-0.4, -0.2) is 21.5 Å². The van der Waals surface area contributed by atoms with E-state index in [2.05, 4.69) is 4.72 Å². The summed E-state index contributed by atoms with van der Waals surface area (Å²) in [4.78, 5) is 0.370. The van der Waals surface area contributed by atoms with E-state index in [4.69, 9.17) is 5.73 Å². The van der Waals surface area contributed by atoms with Gasteiger partial charge < -0.3 is 5.73 Å². The van der Waals surface area contributed by atoms with Crippen LogP contribution in [0.25, 0.3) is 0 Å². The molecule has 19 heavy (non-hydrogen) atoms. The SMILES string of the molecule is CCC(CCN)CNS(=O)(=O)c1cc(C)ccc1C. The van der Waals surface area contributed by atoms with Crippen LogP contribution < -0.4 is 10.5 Å². The first kappa shape index (κ1) is 16.1. The molecule has 5 heteroatoms. The Kier molecular flexibility index (Phi) is 5.97. The second-order valence-electron chi connectivity index (χ2n) is 4.97. The maximum absolute atomic E-state index is 12.3. The van der Waals surface area contributed by atoms with Crippen LogP contribution in [0.15, 0.2) is 23.1 Å². The number of nitrogens with two attached hydrogens (primary N) is 1. The van der Waals surface area contributed by atoms with E-state index >= 15 is 0 Å². The lowest BCUT2D eigenvalue weighted by atomic mass is 10.0. The number of hydrogen-bond acceptors (Lipinski definition) is 3. The smallest absolute Gasteiger partial charge is 0.240 e. The molecule has 0 saturated heterocycles. The standard InChI is InChI=1S/C14H24N2O2S/c1-4-13(7-8-15)10-16-19(17,18)14-9-11(2)5-6-12(14)3/h5-6,9,13,16H,4,7-8,10,15H2,1-3H3. The fourth-order valence-electron chi connectivity index (χ4n) is 1.99. The van der Waals surface area contributed by atoms with Crippen LogP contribution in [-0.2, 0) is 10.0 Å². The number of benzene rings is 1. The highest BCUT2D eigenvalue weighted by molar-refractivity contribution is 7.89. The summed E-state index contributed by atoms with van der Waals surface area (Å²) in [7, 11) is -3.43.